The summed E-state index contributed by atoms with van der Waals surface area (Å²) in [7, 11) is 0. The molecule has 0 spiro atoms. The summed E-state index contributed by atoms with van der Waals surface area (Å²) in [4.78, 5) is 0. The van der Waals surface area contributed by atoms with Gasteiger partial charge in [-0.2, -0.15) is 0 Å². The van der Waals surface area contributed by atoms with Crippen LogP contribution in [0.4, 0.5) is 0 Å². The van der Waals surface area contributed by atoms with Crippen molar-refractivity contribution in [3.8, 4) is 11.1 Å². The minimum absolute atomic E-state index is 0.0764. The molecule has 0 amide bonds. The van der Waals surface area contributed by atoms with E-state index in [4.69, 9.17) is 0 Å². The molecule has 4 aromatic rings. The fourth-order valence-electron chi connectivity index (χ4n) is 5.80. The van der Waals surface area contributed by atoms with Gasteiger partial charge in [-0.3, -0.25) is 0 Å². The molecule has 1 aliphatic rings. The lowest BCUT2D eigenvalue weighted by Crippen LogP contribution is -2.27. The quantitative estimate of drug-likeness (QED) is 0.197. The first-order valence-electron chi connectivity index (χ1n) is 12.8. The first-order chi connectivity index (χ1) is 16.7. The molecular formula is C33H33Br. The fourth-order valence-corrected chi connectivity index (χ4v) is 6.16. The van der Waals surface area contributed by atoms with E-state index < -0.39 is 0 Å². The second-order valence-corrected chi connectivity index (χ2v) is 10.5. The van der Waals surface area contributed by atoms with Gasteiger partial charge in [-0.1, -0.05) is 127 Å². The summed E-state index contributed by atoms with van der Waals surface area (Å²) < 4.78 is 1.16. The SMILES string of the molecule is CCc1ccc(CCCCCCC2(c3ccccc3)c3ccccc3-c3ccc(Br)cc32)cc1. The van der Waals surface area contributed by atoms with E-state index in [-0.39, 0.29) is 5.41 Å². The molecule has 1 atom stereocenters. The predicted molar refractivity (Wildman–Crippen MR) is 149 cm³/mol. The predicted octanol–water partition coefficient (Wildman–Crippen LogP) is 9.52. The number of hydrogen-bond donors (Lipinski definition) is 0. The zero-order valence-electron chi connectivity index (χ0n) is 20.1. The van der Waals surface area contributed by atoms with Crippen LogP contribution in [-0.2, 0) is 18.3 Å². The van der Waals surface area contributed by atoms with Crippen LogP contribution < -0.4 is 0 Å². The van der Waals surface area contributed by atoms with Gasteiger partial charge in [-0.25, -0.2) is 0 Å². The van der Waals surface area contributed by atoms with Gasteiger partial charge >= 0.3 is 0 Å². The van der Waals surface area contributed by atoms with Crippen molar-refractivity contribution in [3.63, 3.8) is 0 Å². The molecular weight excluding hydrogens is 476 g/mol. The number of hydrogen-bond acceptors (Lipinski definition) is 0. The molecule has 34 heavy (non-hydrogen) atoms. The molecule has 0 bridgehead atoms. The monoisotopic (exact) mass is 508 g/mol. The second kappa shape index (κ2) is 10.3. The maximum Gasteiger partial charge on any atom is 0.0464 e. The van der Waals surface area contributed by atoms with E-state index in [0.717, 1.165) is 17.3 Å². The molecule has 0 nitrogen and oxygen atoms in total. The molecule has 0 radical (unpaired) electrons. The second-order valence-electron chi connectivity index (χ2n) is 9.59. The van der Waals surface area contributed by atoms with Gasteiger partial charge in [0.2, 0.25) is 0 Å². The van der Waals surface area contributed by atoms with E-state index in [1.807, 2.05) is 0 Å². The van der Waals surface area contributed by atoms with Gasteiger partial charge < -0.3 is 0 Å². The summed E-state index contributed by atoms with van der Waals surface area (Å²) in [6, 6.07) is 36.3. The average Bonchev–Trinajstić information content (AvgIpc) is 3.17. The maximum atomic E-state index is 3.77. The molecule has 0 N–H and O–H groups in total. The van der Waals surface area contributed by atoms with Crippen LogP contribution in [0.2, 0.25) is 0 Å². The molecule has 1 heteroatoms. The lowest BCUT2D eigenvalue weighted by atomic mass is 9.69. The van der Waals surface area contributed by atoms with E-state index in [0.29, 0.717) is 0 Å². The third-order valence-corrected chi connectivity index (χ3v) is 8.08. The van der Waals surface area contributed by atoms with Crippen LogP contribution in [0.1, 0.15) is 66.8 Å². The number of fused-ring (bicyclic) bond motifs is 3. The highest BCUT2D eigenvalue weighted by Crippen LogP contribution is 2.55. The van der Waals surface area contributed by atoms with E-state index in [2.05, 4.69) is 120 Å². The van der Waals surface area contributed by atoms with Crippen LogP contribution in [0, 0.1) is 0 Å². The van der Waals surface area contributed by atoms with Crippen molar-refractivity contribution in [1.29, 1.82) is 0 Å². The molecule has 5 rings (SSSR count). The molecule has 172 valence electrons. The Kier molecular flexibility index (Phi) is 7.02. The van der Waals surface area contributed by atoms with Gasteiger partial charge in [0.15, 0.2) is 0 Å². The van der Waals surface area contributed by atoms with E-state index in [1.54, 1.807) is 0 Å². The number of halogens is 1. The Morgan fingerprint density at radius 3 is 2.09 bits per heavy atom. The number of benzene rings is 4. The standard InChI is InChI=1S/C33H33Br/c1-2-25-17-19-26(20-18-25)12-6-3-4-11-23-33(27-13-7-5-8-14-27)31-16-10-9-15-29(31)30-22-21-28(34)24-32(30)33/h5,7-10,13-22,24H,2-4,6,11-12,23H2,1H3. The fraction of sp³-hybridized carbons (Fsp3) is 0.273. The van der Waals surface area contributed by atoms with Crippen LogP contribution in [0.25, 0.3) is 11.1 Å². The molecule has 0 aromatic heterocycles. The first kappa shape index (κ1) is 23.1. The molecule has 4 aromatic carbocycles. The van der Waals surface area contributed by atoms with Crippen molar-refractivity contribution in [1.82, 2.24) is 0 Å². The van der Waals surface area contributed by atoms with Gasteiger partial charge in [0.05, 0.1) is 0 Å². The Labute approximate surface area is 213 Å². The summed E-state index contributed by atoms with van der Waals surface area (Å²) in [5.41, 5.74) is 9.93. The van der Waals surface area contributed by atoms with E-state index in [1.165, 1.54) is 71.0 Å². The molecule has 0 fully saturated rings. The number of rotatable bonds is 9. The number of aryl methyl sites for hydroxylation is 2. The van der Waals surface area contributed by atoms with Gasteiger partial charge in [-0.15, -0.1) is 0 Å². The van der Waals surface area contributed by atoms with Crippen LogP contribution in [0.5, 0.6) is 0 Å². The van der Waals surface area contributed by atoms with Gasteiger partial charge in [-0.05, 0) is 76.8 Å². The molecule has 0 aliphatic heterocycles. The minimum Gasteiger partial charge on any atom is -0.0622 e. The van der Waals surface area contributed by atoms with Gasteiger partial charge in [0.25, 0.3) is 0 Å². The Hall–Kier alpha value is -2.64. The largest absolute Gasteiger partial charge is 0.0622 e. The summed E-state index contributed by atoms with van der Waals surface area (Å²) in [5, 5.41) is 0. The highest BCUT2D eigenvalue weighted by Gasteiger charge is 2.43. The maximum absolute atomic E-state index is 3.77. The molecule has 0 heterocycles. The highest BCUT2D eigenvalue weighted by atomic mass is 79.9. The van der Waals surface area contributed by atoms with Crippen molar-refractivity contribution < 1.29 is 0 Å². The molecule has 0 saturated carbocycles. The van der Waals surface area contributed by atoms with Crippen molar-refractivity contribution in [2.75, 3.05) is 0 Å². The van der Waals surface area contributed by atoms with Crippen LogP contribution in [0.3, 0.4) is 0 Å². The van der Waals surface area contributed by atoms with Gasteiger partial charge in [0, 0.05) is 9.89 Å². The summed E-state index contributed by atoms with van der Waals surface area (Å²) in [5.74, 6) is 0. The van der Waals surface area contributed by atoms with Crippen LogP contribution >= 0.6 is 15.9 Å². The third-order valence-electron chi connectivity index (χ3n) is 7.58. The molecule has 1 unspecified atom stereocenters. The lowest BCUT2D eigenvalue weighted by molar-refractivity contribution is 0.511. The highest BCUT2D eigenvalue weighted by molar-refractivity contribution is 9.10. The number of unbranched alkanes of at least 4 members (excludes halogenated alkanes) is 3. The van der Waals surface area contributed by atoms with Crippen LogP contribution in [-0.4, -0.2) is 0 Å². The third kappa shape index (κ3) is 4.39. The van der Waals surface area contributed by atoms with Crippen molar-refractivity contribution in [3.05, 3.63) is 129 Å². The van der Waals surface area contributed by atoms with Crippen LogP contribution in [0.15, 0.2) is 102 Å². The molecule has 0 saturated heterocycles. The molecule has 1 aliphatic carbocycles. The topological polar surface area (TPSA) is 0 Å². The zero-order chi connectivity index (χ0) is 23.4. The van der Waals surface area contributed by atoms with Crippen molar-refractivity contribution >= 4 is 15.9 Å². The summed E-state index contributed by atoms with van der Waals surface area (Å²) in [6.07, 6.45) is 8.49. The summed E-state index contributed by atoms with van der Waals surface area (Å²) in [6.45, 7) is 2.22. The Morgan fingerprint density at radius 2 is 1.29 bits per heavy atom. The zero-order valence-corrected chi connectivity index (χ0v) is 21.7. The Balaban J connectivity index is 1.35. The van der Waals surface area contributed by atoms with E-state index in [9.17, 15) is 0 Å². The Morgan fingerprint density at radius 1 is 0.618 bits per heavy atom. The average molecular weight is 510 g/mol. The van der Waals surface area contributed by atoms with E-state index >= 15 is 0 Å². The normalized spacial score (nSPS) is 16.3. The van der Waals surface area contributed by atoms with Crippen molar-refractivity contribution in [2.24, 2.45) is 0 Å². The Bertz CT molecular complexity index is 1240. The van der Waals surface area contributed by atoms with Crippen molar-refractivity contribution in [2.45, 2.75) is 57.3 Å². The lowest BCUT2D eigenvalue weighted by Gasteiger charge is -2.33. The van der Waals surface area contributed by atoms with Gasteiger partial charge in [0.1, 0.15) is 0 Å². The smallest absolute Gasteiger partial charge is 0.0464 e. The minimum atomic E-state index is -0.0764. The summed E-state index contributed by atoms with van der Waals surface area (Å²) >= 11 is 3.77. The first-order valence-corrected chi connectivity index (χ1v) is 13.5.